The number of carbonyl (C=O) groups excluding carboxylic acids is 2. The zero-order valence-corrected chi connectivity index (χ0v) is 25.1. The summed E-state index contributed by atoms with van der Waals surface area (Å²) >= 11 is 0. The first kappa shape index (κ1) is 30.8. The van der Waals surface area contributed by atoms with E-state index in [1.807, 2.05) is 46.8 Å². The fraction of sp³-hybridized carbons (Fsp3) is 0.484. The molecule has 0 bridgehead atoms. The van der Waals surface area contributed by atoms with Crippen LogP contribution >= 0.6 is 0 Å². The van der Waals surface area contributed by atoms with Gasteiger partial charge >= 0.3 is 0 Å². The van der Waals surface area contributed by atoms with Gasteiger partial charge in [0.25, 0.3) is 11.7 Å². The predicted octanol–water partition coefficient (Wildman–Crippen LogP) is 4.92. The van der Waals surface area contributed by atoms with Crippen LogP contribution in [0.25, 0.3) is 5.76 Å². The lowest BCUT2D eigenvalue weighted by atomic mass is 9.90. The molecule has 0 saturated carbocycles. The van der Waals surface area contributed by atoms with Crippen molar-refractivity contribution in [2.45, 2.75) is 46.6 Å². The number of hydrogen-bond donors (Lipinski definition) is 1. The number of ether oxygens (including phenoxy) is 4. The van der Waals surface area contributed by atoms with Gasteiger partial charge in [0, 0.05) is 18.7 Å². The predicted molar refractivity (Wildman–Crippen MR) is 155 cm³/mol. The average molecular weight is 555 g/mol. The van der Waals surface area contributed by atoms with E-state index >= 15 is 0 Å². The van der Waals surface area contributed by atoms with Crippen LogP contribution in [0.3, 0.4) is 0 Å². The maximum absolute atomic E-state index is 13.6. The summed E-state index contributed by atoms with van der Waals surface area (Å²) in [6, 6.07) is 6.25. The molecule has 0 aromatic heterocycles. The molecule has 3 rings (SSSR count). The van der Waals surface area contributed by atoms with Crippen LogP contribution in [0.15, 0.2) is 29.8 Å². The lowest BCUT2D eigenvalue weighted by Crippen LogP contribution is -2.38. The summed E-state index contributed by atoms with van der Waals surface area (Å²) in [5.41, 5.74) is 2.65. The Morgan fingerprint density at radius 2 is 1.50 bits per heavy atom. The Kier molecular flexibility index (Phi) is 10.1. The van der Waals surface area contributed by atoms with E-state index in [0.29, 0.717) is 47.2 Å². The molecule has 1 amide bonds. The number of nitrogens with zero attached hydrogens (tertiary/aromatic N) is 2. The van der Waals surface area contributed by atoms with Gasteiger partial charge in [-0.2, -0.15) is 0 Å². The van der Waals surface area contributed by atoms with Crippen LogP contribution in [-0.4, -0.2) is 81.2 Å². The smallest absolute Gasteiger partial charge is 0.295 e. The Hall–Kier alpha value is -3.72. The van der Waals surface area contributed by atoms with Crippen LogP contribution in [0.2, 0.25) is 0 Å². The Balaban J connectivity index is 2.31. The van der Waals surface area contributed by atoms with Gasteiger partial charge in [0.2, 0.25) is 5.75 Å². The molecule has 1 atom stereocenters. The Labute approximate surface area is 237 Å². The highest BCUT2D eigenvalue weighted by molar-refractivity contribution is 6.46. The van der Waals surface area contributed by atoms with Crippen molar-refractivity contribution in [1.29, 1.82) is 0 Å². The summed E-state index contributed by atoms with van der Waals surface area (Å²) in [7, 11) is 6.13. The minimum absolute atomic E-state index is 0.0155. The van der Waals surface area contributed by atoms with E-state index in [-0.39, 0.29) is 17.3 Å². The molecule has 1 aliphatic rings. The van der Waals surface area contributed by atoms with Gasteiger partial charge in [-0.25, -0.2) is 0 Å². The molecular weight excluding hydrogens is 512 g/mol. The molecule has 40 heavy (non-hydrogen) atoms. The minimum Gasteiger partial charge on any atom is -0.507 e. The zero-order valence-electron chi connectivity index (χ0n) is 25.1. The van der Waals surface area contributed by atoms with Crippen LogP contribution in [0, 0.1) is 6.92 Å². The largest absolute Gasteiger partial charge is 0.507 e. The maximum Gasteiger partial charge on any atom is 0.295 e. The molecular formula is C31H42N2O7. The summed E-state index contributed by atoms with van der Waals surface area (Å²) < 4.78 is 22.2. The molecule has 1 aliphatic heterocycles. The highest BCUT2D eigenvalue weighted by Gasteiger charge is 2.46. The number of likely N-dealkylation sites (N-methyl/N-ethyl adjacent to an activating group) is 1. The first-order valence-electron chi connectivity index (χ1n) is 13.6. The van der Waals surface area contributed by atoms with Gasteiger partial charge in [-0.3, -0.25) is 9.59 Å². The molecule has 1 N–H and O–H groups in total. The molecule has 2 aromatic carbocycles. The van der Waals surface area contributed by atoms with Gasteiger partial charge in [0.05, 0.1) is 40.1 Å². The monoisotopic (exact) mass is 554 g/mol. The summed E-state index contributed by atoms with van der Waals surface area (Å²) in [4.78, 5) is 30.9. The number of methoxy groups -OCH3 is 4. The van der Waals surface area contributed by atoms with Crippen LogP contribution < -0.4 is 18.9 Å². The fourth-order valence-corrected chi connectivity index (χ4v) is 5.23. The minimum atomic E-state index is -0.867. The molecule has 1 heterocycles. The van der Waals surface area contributed by atoms with Crippen molar-refractivity contribution < 1.29 is 33.6 Å². The third-order valence-electron chi connectivity index (χ3n) is 7.55. The van der Waals surface area contributed by atoms with Gasteiger partial charge in [-0.1, -0.05) is 27.7 Å². The topological polar surface area (TPSA) is 97.8 Å². The van der Waals surface area contributed by atoms with E-state index in [1.165, 1.54) is 26.2 Å². The lowest BCUT2D eigenvalue weighted by Gasteiger charge is -2.29. The van der Waals surface area contributed by atoms with Crippen LogP contribution in [-0.2, 0) is 9.59 Å². The van der Waals surface area contributed by atoms with Crippen LogP contribution in [0.4, 0.5) is 0 Å². The highest BCUT2D eigenvalue weighted by atomic mass is 16.5. The number of ketones is 1. The molecule has 0 spiro atoms. The van der Waals surface area contributed by atoms with Gasteiger partial charge < -0.3 is 33.9 Å². The number of likely N-dealkylation sites (tertiary alicyclic amines) is 1. The zero-order chi connectivity index (χ0) is 29.7. The summed E-state index contributed by atoms with van der Waals surface area (Å²) in [5.74, 6) is 0.322. The summed E-state index contributed by atoms with van der Waals surface area (Å²) in [6.07, 6.45) is 0. The maximum atomic E-state index is 13.6. The number of hydrogen-bond acceptors (Lipinski definition) is 8. The number of aliphatic hydroxyl groups is 1. The van der Waals surface area contributed by atoms with Crippen molar-refractivity contribution in [3.8, 4) is 23.0 Å². The van der Waals surface area contributed by atoms with E-state index in [1.54, 1.807) is 19.2 Å². The lowest BCUT2D eigenvalue weighted by molar-refractivity contribution is -0.140. The Morgan fingerprint density at radius 3 is 1.98 bits per heavy atom. The molecule has 0 radical (unpaired) electrons. The second-order valence-corrected chi connectivity index (χ2v) is 10.0. The number of aryl methyl sites for hydroxylation is 1. The number of amides is 1. The molecule has 9 heteroatoms. The van der Waals surface area contributed by atoms with E-state index in [9.17, 15) is 14.7 Å². The number of carbonyl (C=O) groups is 2. The normalized spacial score (nSPS) is 16.7. The summed E-state index contributed by atoms with van der Waals surface area (Å²) in [6.45, 7) is 12.5. The Morgan fingerprint density at radius 1 is 0.925 bits per heavy atom. The summed E-state index contributed by atoms with van der Waals surface area (Å²) in [5, 5.41) is 11.8. The number of rotatable bonds is 12. The van der Waals surface area contributed by atoms with Crippen molar-refractivity contribution in [2.24, 2.45) is 0 Å². The number of Topliss-reactive ketones (excluding diaryl/α,β-unsaturated/α-hetero) is 1. The molecule has 1 fully saturated rings. The third-order valence-corrected chi connectivity index (χ3v) is 7.55. The van der Waals surface area contributed by atoms with Crippen LogP contribution in [0.5, 0.6) is 23.0 Å². The van der Waals surface area contributed by atoms with Gasteiger partial charge in [0.1, 0.15) is 11.5 Å². The van der Waals surface area contributed by atoms with E-state index in [4.69, 9.17) is 18.9 Å². The molecule has 1 saturated heterocycles. The number of aliphatic hydroxyl groups excluding tert-OH is 1. The molecule has 1 unspecified atom stereocenters. The molecule has 2 aromatic rings. The average Bonchev–Trinajstić information content (AvgIpc) is 3.21. The van der Waals surface area contributed by atoms with Gasteiger partial charge in [-0.15, -0.1) is 0 Å². The standard InChI is InChI=1S/C31H42N2O7/c1-10-32(11-2)12-13-33-27(20-15-24(38-7)30(40-9)25(16-20)39-8)26(29(35)31(33)36)28(34)22-17-21(18(3)4)23(37-6)14-19(22)5/h14-18,27,34H,10-13H2,1-9H3/b28-26+. The second-order valence-electron chi connectivity index (χ2n) is 10.0. The quantitative estimate of drug-likeness (QED) is 0.224. The van der Waals surface area contributed by atoms with Crippen molar-refractivity contribution in [2.75, 3.05) is 54.6 Å². The van der Waals surface area contributed by atoms with Crippen molar-refractivity contribution in [3.05, 3.63) is 52.1 Å². The molecule has 0 aliphatic carbocycles. The SMILES string of the molecule is CCN(CC)CCN1C(=O)C(=O)/C(=C(/O)c2cc(C(C)C)c(OC)cc2C)C1c1cc(OC)c(OC)c(OC)c1. The van der Waals surface area contributed by atoms with Crippen molar-refractivity contribution in [1.82, 2.24) is 9.80 Å². The van der Waals surface area contributed by atoms with Crippen LogP contribution in [0.1, 0.15) is 61.9 Å². The fourth-order valence-electron chi connectivity index (χ4n) is 5.23. The molecule has 9 nitrogen and oxygen atoms in total. The highest BCUT2D eigenvalue weighted by Crippen LogP contribution is 2.46. The van der Waals surface area contributed by atoms with Crippen molar-refractivity contribution in [3.63, 3.8) is 0 Å². The first-order chi connectivity index (χ1) is 19.1. The van der Waals surface area contributed by atoms with Crippen molar-refractivity contribution >= 4 is 17.4 Å². The number of benzene rings is 2. The van der Waals surface area contributed by atoms with E-state index < -0.39 is 17.7 Å². The van der Waals surface area contributed by atoms with E-state index in [2.05, 4.69) is 4.90 Å². The van der Waals surface area contributed by atoms with E-state index in [0.717, 1.165) is 24.2 Å². The third kappa shape index (κ3) is 5.75. The second kappa shape index (κ2) is 13.1. The first-order valence-corrected chi connectivity index (χ1v) is 13.6. The molecule has 218 valence electrons. The van der Waals surface area contributed by atoms with Gasteiger partial charge in [-0.05, 0) is 66.9 Å². The Bertz CT molecular complexity index is 1260. The van der Waals surface area contributed by atoms with Gasteiger partial charge in [0.15, 0.2) is 11.5 Å².